The lowest BCUT2D eigenvalue weighted by Crippen LogP contribution is -2.12. The molecule has 3 rings (SSSR count). The highest BCUT2D eigenvalue weighted by Crippen LogP contribution is 2.39. The maximum Gasteiger partial charge on any atom is 0.417 e. The molecule has 0 bridgehead atoms. The van der Waals surface area contributed by atoms with Gasteiger partial charge in [-0.05, 0) is 12.1 Å². The van der Waals surface area contributed by atoms with Gasteiger partial charge in [0.1, 0.15) is 0 Å². The van der Waals surface area contributed by atoms with Crippen LogP contribution in [0.2, 0.25) is 5.02 Å². The summed E-state index contributed by atoms with van der Waals surface area (Å²) in [5.74, 6) is -2.12. The van der Waals surface area contributed by atoms with Gasteiger partial charge in [0, 0.05) is 29.5 Å². The largest absolute Gasteiger partial charge is 0.417 e. The Kier molecular flexibility index (Phi) is 5.06. The van der Waals surface area contributed by atoms with Crippen LogP contribution >= 0.6 is 11.6 Å². The fourth-order valence-corrected chi connectivity index (χ4v) is 3.01. The van der Waals surface area contributed by atoms with E-state index < -0.39 is 33.8 Å². The van der Waals surface area contributed by atoms with Crippen LogP contribution < -0.4 is 5.43 Å². The average Bonchev–Trinajstić information content (AvgIpc) is 2.59. The summed E-state index contributed by atoms with van der Waals surface area (Å²) in [6.07, 6.45) is -3.39. The zero-order valence-corrected chi connectivity index (χ0v) is 14.3. The van der Waals surface area contributed by atoms with Crippen LogP contribution in [0.25, 0.3) is 11.3 Å². The second-order valence-corrected chi connectivity index (χ2v) is 6.13. The van der Waals surface area contributed by atoms with E-state index in [9.17, 15) is 26.7 Å². The Hall–Kier alpha value is -2.67. The second kappa shape index (κ2) is 7.15. The topological polar surface area (TPSA) is 22.0 Å². The number of aromatic nitrogens is 1. The lowest BCUT2D eigenvalue weighted by Gasteiger charge is -2.17. The summed E-state index contributed by atoms with van der Waals surface area (Å²) in [6.45, 7) is -0.203. The van der Waals surface area contributed by atoms with Gasteiger partial charge in [-0.25, -0.2) is 8.78 Å². The van der Waals surface area contributed by atoms with Gasteiger partial charge in [-0.15, -0.1) is 0 Å². The molecule has 0 saturated carbocycles. The molecule has 0 aliphatic carbocycles. The van der Waals surface area contributed by atoms with Crippen LogP contribution in [0.5, 0.6) is 0 Å². The molecular formula is C19H11ClF5NO. The molecule has 0 fully saturated rings. The van der Waals surface area contributed by atoms with Gasteiger partial charge in [0.05, 0.1) is 22.8 Å². The van der Waals surface area contributed by atoms with Gasteiger partial charge in [0.15, 0.2) is 17.1 Å². The molecule has 0 radical (unpaired) electrons. The third-order valence-electron chi connectivity index (χ3n) is 3.96. The highest BCUT2D eigenvalue weighted by Gasteiger charge is 2.34. The van der Waals surface area contributed by atoms with Gasteiger partial charge in [-0.1, -0.05) is 35.9 Å². The summed E-state index contributed by atoms with van der Waals surface area (Å²) in [7, 11) is 0. The van der Waals surface area contributed by atoms with E-state index in [1.165, 1.54) is 35.0 Å². The smallest absolute Gasteiger partial charge is 0.343 e. The van der Waals surface area contributed by atoms with Crippen molar-refractivity contribution in [3.63, 3.8) is 0 Å². The van der Waals surface area contributed by atoms with Crippen LogP contribution in [0, 0.1) is 11.6 Å². The van der Waals surface area contributed by atoms with Crippen molar-refractivity contribution in [2.24, 2.45) is 0 Å². The van der Waals surface area contributed by atoms with E-state index in [0.717, 1.165) is 24.3 Å². The minimum absolute atomic E-state index is 0.0250. The molecule has 2 aromatic carbocycles. The van der Waals surface area contributed by atoms with Crippen LogP contribution in [0.1, 0.15) is 11.1 Å². The fraction of sp³-hybridized carbons (Fsp3) is 0.105. The predicted octanol–water partition coefficient (Wildman–Crippen LogP) is 5.51. The standard InChI is InChI=1S/C19H11ClF5NO/c20-17-13(4-2-5-14(17)19(23,24)25)16-9-12(27)7-8-26(16)10-11-3-1-6-15(21)18(11)22/h1-9H,10H2. The molecule has 27 heavy (non-hydrogen) atoms. The van der Waals surface area contributed by atoms with Crippen LogP contribution in [0.15, 0.2) is 59.5 Å². The number of hydrogen-bond acceptors (Lipinski definition) is 1. The van der Waals surface area contributed by atoms with Crippen LogP contribution in [0.4, 0.5) is 22.0 Å². The average molecular weight is 400 g/mol. The van der Waals surface area contributed by atoms with Crippen molar-refractivity contribution in [1.29, 1.82) is 0 Å². The quantitative estimate of drug-likeness (QED) is 0.532. The molecule has 0 aliphatic rings. The number of nitrogens with zero attached hydrogens (tertiary/aromatic N) is 1. The van der Waals surface area contributed by atoms with E-state index >= 15 is 0 Å². The summed E-state index contributed by atoms with van der Waals surface area (Å²) in [5.41, 5.74) is -1.53. The molecule has 0 saturated heterocycles. The number of benzene rings is 2. The van der Waals surface area contributed by atoms with E-state index in [1.807, 2.05) is 0 Å². The number of halogens is 6. The Morgan fingerprint density at radius 3 is 2.41 bits per heavy atom. The summed E-state index contributed by atoms with van der Waals surface area (Å²) in [4.78, 5) is 11.8. The molecule has 0 amide bonds. The lowest BCUT2D eigenvalue weighted by molar-refractivity contribution is -0.137. The van der Waals surface area contributed by atoms with E-state index in [0.29, 0.717) is 0 Å². The van der Waals surface area contributed by atoms with Crippen molar-refractivity contribution in [3.8, 4) is 11.3 Å². The van der Waals surface area contributed by atoms with Crippen LogP contribution in [-0.4, -0.2) is 4.57 Å². The molecule has 0 atom stereocenters. The van der Waals surface area contributed by atoms with Gasteiger partial charge in [-0.2, -0.15) is 13.2 Å². The van der Waals surface area contributed by atoms with Crippen molar-refractivity contribution < 1.29 is 22.0 Å². The third kappa shape index (κ3) is 3.88. The number of alkyl halides is 3. The Morgan fingerprint density at radius 2 is 1.70 bits per heavy atom. The summed E-state index contributed by atoms with van der Waals surface area (Å²) in [5, 5.41) is -0.580. The molecule has 0 spiro atoms. The first-order valence-electron chi connectivity index (χ1n) is 7.68. The monoisotopic (exact) mass is 399 g/mol. The molecule has 2 nitrogen and oxygen atoms in total. The summed E-state index contributed by atoms with van der Waals surface area (Å²) < 4.78 is 68.1. The molecule has 1 heterocycles. The third-order valence-corrected chi connectivity index (χ3v) is 4.37. The molecule has 140 valence electrons. The highest BCUT2D eigenvalue weighted by atomic mass is 35.5. The number of hydrogen-bond donors (Lipinski definition) is 0. The van der Waals surface area contributed by atoms with Crippen LogP contribution in [0.3, 0.4) is 0 Å². The predicted molar refractivity (Wildman–Crippen MR) is 91.6 cm³/mol. The van der Waals surface area contributed by atoms with Gasteiger partial charge in [0.2, 0.25) is 0 Å². The molecule has 3 aromatic rings. The first-order chi connectivity index (χ1) is 12.7. The zero-order chi connectivity index (χ0) is 19.8. The van der Waals surface area contributed by atoms with Crippen molar-refractivity contribution >= 4 is 11.6 Å². The van der Waals surface area contributed by atoms with E-state index in [2.05, 4.69) is 0 Å². The Balaban J connectivity index is 2.17. The lowest BCUT2D eigenvalue weighted by atomic mass is 10.1. The Labute approximate surface area is 155 Å². The van der Waals surface area contributed by atoms with Gasteiger partial charge < -0.3 is 4.57 Å². The molecule has 0 unspecified atom stereocenters. The highest BCUT2D eigenvalue weighted by molar-refractivity contribution is 6.34. The molecule has 0 aliphatic heterocycles. The Bertz CT molecular complexity index is 1060. The van der Waals surface area contributed by atoms with Crippen molar-refractivity contribution in [2.75, 3.05) is 0 Å². The normalized spacial score (nSPS) is 11.6. The van der Waals surface area contributed by atoms with Crippen molar-refractivity contribution in [2.45, 2.75) is 12.7 Å². The molecule has 0 N–H and O–H groups in total. The van der Waals surface area contributed by atoms with Gasteiger partial charge in [-0.3, -0.25) is 4.79 Å². The van der Waals surface area contributed by atoms with E-state index in [-0.39, 0.29) is 23.4 Å². The summed E-state index contributed by atoms with van der Waals surface area (Å²) in [6, 6.07) is 9.18. The first-order valence-corrected chi connectivity index (χ1v) is 8.05. The first kappa shape index (κ1) is 19.1. The maximum absolute atomic E-state index is 14.0. The van der Waals surface area contributed by atoms with Gasteiger partial charge >= 0.3 is 6.18 Å². The maximum atomic E-state index is 14.0. The van der Waals surface area contributed by atoms with E-state index in [4.69, 9.17) is 11.6 Å². The van der Waals surface area contributed by atoms with Crippen molar-refractivity contribution in [1.82, 2.24) is 4.57 Å². The molecular weight excluding hydrogens is 389 g/mol. The van der Waals surface area contributed by atoms with E-state index in [1.54, 1.807) is 0 Å². The van der Waals surface area contributed by atoms with Crippen molar-refractivity contribution in [3.05, 3.63) is 92.7 Å². The number of pyridine rings is 1. The minimum atomic E-state index is -4.68. The fourth-order valence-electron chi connectivity index (χ4n) is 2.68. The summed E-state index contributed by atoms with van der Waals surface area (Å²) >= 11 is 5.94. The Morgan fingerprint density at radius 1 is 1.00 bits per heavy atom. The number of rotatable bonds is 3. The second-order valence-electron chi connectivity index (χ2n) is 5.75. The van der Waals surface area contributed by atoms with Gasteiger partial charge in [0.25, 0.3) is 0 Å². The molecule has 8 heteroatoms. The molecule has 1 aromatic heterocycles. The zero-order valence-electron chi connectivity index (χ0n) is 13.5. The minimum Gasteiger partial charge on any atom is -0.343 e. The SMILES string of the molecule is O=c1ccn(Cc2cccc(F)c2F)c(-c2cccc(C(F)(F)F)c2Cl)c1. The van der Waals surface area contributed by atoms with Crippen LogP contribution in [-0.2, 0) is 12.7 Å².